The summed E-state index contributed by atoms with van der Waals surface area (Å²) in [5.41, 5.74) is 1.64. The van der Waals surface area contributed by atoms with E-state index in [1.165, 1.54) is 5.56 Å². The lowest BCUT2D eigenvalue weighted by molar-refractivity contribution is 0.313. The van der Waals surface area contributed by atoms with Gasteiger partial charge in [-0.3, -0.25) is 4.68 Å². The van der Waals surface area contributed by atoms with E-state index in [2.05, 4.69) is 43.8 Å². The minimum Gasteiger partial charge on any atom is -0.348 e. The number of nitriles is 1. The van der Waals surface area contributed by atoms with Crippen LogP contribution in [0.25, 0.3) is 0 Å². The standard InChI is InChI=1S/C16H18N6/c1-11-9-20-21(10-11)14-6-12-2-3-13(7-14)22(12)16-15(8-17)18-4-5-19-16/h4-5,9-10,12-14H,2-3,6-7H2,1H3. The van der Waals surface area contributed by atoms with Crippen LogP contribution < -0.4 is 4.90 Å². The van der Waals surface area contributed by atoms with Gasteiger partial charge in [0.15, 0.2) is 11.5 Å². The molecule has 2 aromatic heterocycles. The Morgan fingerprint density at radius 2 is 1.86 bits per heavy atom. The lowest BCUT2D eigenvalue weighted by Gasteiger charge is -2.39. The molecule has 6 nitrogen and oxygen atoms in total. The van der Waals surface area contributed by atoms with E-state index in [-0.39, 0.29) is 0 Å². The molecule has 0 amide bonds. The van der Waals surface area contributed by atoms with Crippen molar-refractivity contribution in [2.75, 3.05) is 4.90 Å². The van der Waals surface area contributed by atoms with Crippen LogP contribution in [-0.2, 0) is 0 Å². The first-order valence-electron chi connectivity index (χ1n) is 7.76. The first kappa shape index (κ1) is 13.3. The van der Waals surface area contributed by atoms with Crippen molar-refractivity contribution in [3.8, 4) is 6.07 Å². The van der Waals surface area contributed by atoms with Gasteiger partial charge in [0.1, 0.15) is 6.07 Å². The van der Waals surface area contributed by atoms with Crippen molar-refractivity contribution in [1.29, 1.82) is 5.26 Å². The number of anilines is 1. The Hall–Kier alpha value is -2.42. The monoisotopic (exact) mass is 294 g/mol. The average molecular weight is 294 g/mol. The number of fused-ring (bicyclic) bond motifs is 2. The van der Waals surface area contributed by atoms with Gasteiger partial charge in [-0.1, -0.05) is 0 Å². The van der Waals surface area contributed by atoms with Gasteiger partial charge in [0.25, 0.3) is 0 Å². The molecule has 0 spiro atoms. The van der Waals surface area contributed by atoms with Crippen LogP contribution in [0.4, 0.5) is 5.82 Å². The third-order valence-electron chi connectivity index (χ3n) is 4.84. The maximum absolute atomic E-state index is 9.28. The Labute approximate surface area is 129 Å². The summed E-state index contributed by atoms with van der Waals surface area (Å²) in [4.78, 5) is 10.9. The third kappa shape index (κ3) is 2.05. The van der Waals surface area contributed by atoms with Crippen LogP contribution in [0.2, 0.25) is 0 Å². The zero-order valence-corrected chi connectivity index (χ0v) is 12.6. The molecule has 2 aromatic rings. The minimum absolute atomic E-state index is 0.428. The van der Waals surface area contributed by atoms with Gasteiger partial charge >= 0.3 is 0 Å². The van der Waals surface area contributed by atoms with Gasteiger partial charge in [0, 0.05) is 30.7 Å². The zero-order valence-electron chi connectivity index (χ0n) is 12.6. The molecular formula is C16H18N6. The molecular weight excluding hydrogens is 276 g/mol. The average Bonchev–Trinajstić information content (AvgIpc) is 3.08. The summed E-state index contributed by atoms with van der Waals surface area (Å²) in [6, 6.07) is 3.48. The summed E-state index contributed by atoms with van der Waals surface area (Å²) >= 11 is 0. The predicted octanol–water partition coefficient (Wildman–Crippen LogP) is 2.23. The maximum atomic E-state index is 9.28. The molecule has 2 unspecified atom stereocenters. The fourth-order valence-corrected chi connectivity index (χ4v) is 3.94. The van der Waals surface area contributed by atoms with Crippen molar-refractivity contribution in [1.82, 2.24) is 19.7 Å². The highest BCUT2D eigenvalue weighted by Crippen LogP contribution is 2.43. The number of aromatic nitrogens is 4. The molecule has 0 aromatic carbocycles. The topological polar surface area (TPSA) is 70.6 Å². The molecule has 2 fully saturated rings. The van der Waals surface area contributed by atoms with Gasteiger partial charge in [0.05, 0.1) is 12.2 Å². The lowest BCUT2D eigenvalue weighted by atomic mass is 9.97. The smallest absolute Gasteiger partial charge is 0.183 e. The lowest BCUT2D eigenvalue weighted by Crippen LogP contribution is -2.44. The van der Waals surface area contributed by atoms with Crippen LogP contribution in [0.3, 0.4) is 0 Å². The van der Waals surface area contributed by atoms with Gasteiger partial charge in [-0.15, -0.1) is 0 Å². The number of piperidine rings is 1. The van der Waals surface area contributed by atoms with Crippen molar-refractivity contribution < 1.29 is 0 Å². The molecule has 112 valence electrons. The largest absolute Gasteiger partial charge is 0.348 e. The molecule has 2 atom stereocenters. The van der Waals surface area contributed by atoms with Crippen LogP contribution >= 0.6 is 0 Å². The van der Waals surface area contributed by atoms with Gasteiger partial charge in [-0.25, -0.2) is 9.97 Å². The van der Waals surface area contributed by atoms with Crippen molar-refractivity contribution in [3.05, 3.63) is 36.0 Å². The fraction of sp³-hybridized carbons (Fsp3) is 0.500. The van der Waals surface area contributed by atoms with Crippen molar-refractivity contribution in [2.24, 2.45) is 0 Å². The Morgan fingerprint density at radius 3 is 2.50 bits per heavy atom. The number of nitrogens with zero attached hydrogens (tertiary/aromatic N) is 6. The fourth-order valence-electron chi connectivity index (χ4n) is 3.94. The normalized spacial score (nSPS) is 26.9. The Bertz CT molecular complexity index is 716. The van der Waals surface area contributed by atoms with E-state index >= 15 is 0 Å². The summed E-state index contributed by atoms with van der Waals surface area (Å²) in [6.45, 7) is 2.08. The molecule has 2 bridgehead atoms. The molecule has 0 aliphatic carbocycles. The first-order chi connectivity index (χ1) is 10.8. The summed E-state index contributed by atoms with van der Waals surface area (Å²) in [5.74, 6) is 0.757. The van der Waals surface area contributed by atoms with Crippen LogP contribution in [0.5, 0.6) is 0 Å². The number of aryl methyl sites for hydroxylation is 1. The van der Waals surface area contributed by atoms with Crippen molar-refractivity contribution >= 4 is 5.82 Å². The van der Waals surface area contributed by atoms with E-state index < -0.39 is 0 Å². The maximum Gasteiger partial charge on any atom is 0.183 e. The summed E-state index contributed by atoms with van der Waals surface area (Å²) < 4.78 is 2.11. The molecule has 22 heavy (non-hydrogen) atoms. The molecule has 4 rings (SSSR count). The van der Waals surface area contributed by atoms with E-state index in [1.807, 2.05) is 6.20 Å². The van der Waals surface area contributed by atoms with Crippen molar-refractivity contribution in [3.63, 3.8) is 0 Å². The Morgan fingerprint density at radius 1 is 1.14 bits per heavy atom. The minimum atomic E-state index is 0.428. The molecule has 0 radical (unpaired) electrons. The molecule has 0 saturated carbocycles. The van der Waals surface area contributed by atoms with Crippen molar-refractivity contribution in [2.45, 2.75) is 50.7 Å². The first-order valence-corrected chi connectivity index (χ1v) is 7.76. The van der Waals surface area contributed by atoms with E-state index in [0.29, 0.717) is 23.8 Å². The van der Waals surface area contributed by atoms with E-state index in [9.17, 15) is 5.26 Å². The highest BCUT2D eigenvalue weighted by molar-refractivity contribution is 5.52. The van der Waals surface area contributed by atoms with E-state index in [4.69, 9.17) is 0 Å². The number of hydrogen-bond acceptors (Lipinski definition) is 5. The second-order valence-corrected chi connectivity index (χ2v) is 6.26. The van der Waals surface area contributed by atoms with Crippen LogP contribution in [0.1, 0.15) is 43.0 Å². The van der Waals surface area contributed by atoms with Crippen LogP contribution in [0.15, 0.2) is 24.8 Å². The molecule has 0 N–H and O–H groups in total. The second kappa shape index (κ2) is 5.09. The summed E-state index contributed by atoms with van der Waals surface area (Å²) in [5, 5.41) is 13.8. The highest BCUT2D eigenvalue weighted by Gasteiger charge is 2.43. The number of hydrogen-bond donors (Lipinski definition) is 0. The molecule has 6 heteroatoms. The zero-order chi connectivity index (χ0) is 15.1. The molecule has 2 aliphatic heterocycles. The molecule has 2 saturated heterocycles. The van der Waals surface area contributed by atoms with Gasteiger partial charge in [-0.05, 0) is 38.2 Å². The Kier molecular flexibility index (Phi) is 3.07. The quantitative estimate of drug-likeness (QED) is 0.849. The van der Waals surface area contributed by atoms with E-state index in [0.717, 1.165) is 31.5 Å². The predicted molar refractivity (Wildman–Crippen MR) is 81.3 cm³/mol. The van der Waals surface area contributed by atoms with Gasteiger partial charge < -0.3 is 4.90 Å². The molecule has 4 heterocycles. The molecule has 2 aliphatic rings. The SMILES string of the molecule is Cc1cnn(C2CC3CCC(C2)N3c2nccnc2C#N)c1. The number of rotatable bonds is 2. The third-order valence-corrected chi connectivity index (χ3v) is 4.84. The highest BCUT2D eigenvalue weighted by atomic mass is 15.3. The second-order valence-electron chi connectivity index (χ2n) is 6.26. The Balaban J connectivity index is 1.63. The summed E-state index contributed by atoms with van der Waals surface area (Å²) in [7, 11) is 0. The van der Waals surface area contributed by atoms with Crippen LogP contribution in [0, 0.1) is 18.3 Å². The van der Waals surface area contributed by atoms with Crippen LogP contribution in [-0.4, -0.2) is 31.8 Å². The van der Waals surface area contributed by atoms with E-state index in [1.54, 1.807) is 12.4 Å². The van der Waals surface area contributed by atoms with Gasteiger partial charge in [0.2, 0.25) is 0 Å². The summed E-state index contributed by atoms with van der Waals surface area (Å²) in [6.07, 6.45) is 11.7. The van der Waals surface area contributed by atoms with Gasteiger partial charge in [-0.2, -0.15) is 10.4 Å².